The second-order valence-corrected chi connectivity index (χ2v) is 8.09. The van der Waals surface area contributed by atoms with Crippen molar-refractivity contribution < 1.29 is 23.5 Å². The molecule has 7 heteroatoms. The minimum absolute atomic E-state index is 0.0196. The predicted molar refractivity (Wildman–Crippen MR) is 99.9 cm³/mol. The van der Waals surface area contributed by atoms with E-state index in [0.29, 0.717) is 5.75 Å². The molecule has 0 aromatic heterocycles. The molecule has 0 amide bonds. The summed E-state index contributed by atoms with van der Waals surface area (Å²) in [7, 11) is -3.97. The molecule has 6 nitrogen and oxygen atoms in total. The zero-order chi connectivity index (χ0) is 19.2. The second-order valence-electron chi connectivity index (χ2n) is 6.43. The predicted octanol–water partition coefficient (Wildman–Crippen LogP) is 4.48. The van der Waals surface area contributed by atoms with E-state index in [9.17, 15) is 14.5 Å². The van der Waals surface area contributed by atoms with Crippen LogP contribution in [-0.2, 0) is 20.5 Å². The van der Waals surface area contributed by atoms with Crippen LogP contribution < -0.4 is 9.61 Å². The van der Waals surface area contributed by atoms with Gasteiger partial charge in [0.05, 0.1) is 6.61 Å². The quantitative estimate of drug-likeness (QED) is 0.627. The van der Waals surface area contributed by atoms with Crippen LogP contribution in [0, 0.1) is 5.92 Å². The highest BCUT2D eigenvalue weighted by atomic mass is 31.2. The van der Waals surface area contributed by atoms with Crippen molar-refractivity contribution in [2.75, 3.05) is 0 Å². The Morgan fingerprint density at radius 1 is 1.12 bits per heavy atom. The van der Waals surface area contributed by atoms with Gasteiger partial charge in [-0.25, -0.2) is 4.57 Å². The Kier molecular flexibility index (Phi) is 6.59. The smallest absolute Gasteiger partial charge is 0.460 e. The molecule has 2 rings (SSSR count). The van der Waals surface area contributed by atoms with Gasteiger partial charge in [-0.1, -0.05) is 62.4 Å². The first-order valence-corrected chi connectivity index (χ1v) is 9.85. The Balaban J connectivity index is 2.28. The molecule has 2 aromatic rings. The topological polar surface area (TPSA) is 84.9 Å². The summed E-state index contributed by atoms with van der Waals surface area (Å²) in [6, 6.07) is 17.7. The van der Waals surface area contributed by atoms with Crippen molar-refractivity contribution in [3.63, 3.8) is 0 Å². The van der Waals surface area contributed by atoms with Gasteiger partial charge in [0.15, 0.2) is 0 Å². The first-order valence-electron chi connectivity index (χ1n) is 8.31. The van der Waals surface area contributed by atoms with E-state index < -0.39 is 19.3 Å². The summed E-state index contributed by atoms with van der Waals surface area (Å²) in [5, 5.41) is 12.3. The number of benzene rings is 2. The van der Waals surface area contributed by atoms with Gasteiger partial charge in [0, 0.05) is 0 Å². The Bertz CT molecular complexity index is 766. The number of hydrogen-bond acceptors (Lipinski definition) is 4. The molecule has 0 aliphatic rings. The molecule has 0 heterocycles. The van der Waals surface area contributed by atoms with Crippen molar-refractivity contribution in [3.05, 3.63) is 66.2 Å². The Morgan fingerprint density at radius 2 is 1.65 bits per heavy atom. The van der Waals surface area contributed by atoms with Gasteiger partial charge in [-0.3, -0.25) is 9.32 Å². The third kappa shape index (κ3) is 5.18. The Morgan fingerprint density at radius 3 is 2.15 bits per heavy atom. The minimum atomic E-state index is -3.97. The maximum Gasteiger partial charge on any atom is 0.460 e. The molecule has 26 heavy (non-hydrogen) atoms. The van der Waals surface area contributed by atoms with Crippen molar-refractivity contribution >= 4 is 13.7 Å². The van der Waals surface area contributed by atoms with E-state index in [-0.39, 0.29) is 12.5 Å². The van der Waals surface area contributed by atoms with Gasteiger partial charge < -0.3 is 9.63 Å². The zero-order valence-corrected chi connectivity index (χ0v) is 16.0. The van der Waals surface area contributed by atoms with E-state index >= 15 is 0 Å². The number of aliphatic carboxylic acids is 1. The molecule has 0 aliphatic carbocycles. The molecular formula is C19H24NO5P. The molecule has 2 N–H and O–H groups in total. The molecule has 2 unspecified atom stereocenters. The summed E-state index contributed by atoms with van der Waals surface area (Å²) < 4.78 is 24.5. The lowest BCUT2D eigenvalue weighted by Crippen LogP contribution is -2.52. The summed E-state index contributed by atoms with van der Waals surface area (Å²) in [6.45, 7) is 4.94. The van der Waals surface area contributed by atoms with Crippen LogP contribution in [0.25, 0.3) is 0 Å². The van der Waals surface area contributed by atoms with Gasteiger partial charge in [-0.2, -0.15) is 5.09 Å². The summed E-state index contributed by atoms with van der Waals surface area (Å²) >= 11 is 0. The number of rotatable bonds is 9. The van der Waals surface area contributed by atoms with Crippen molar-refractivity contribution in [1.82, 2.24) is 5.09 Å². The molecule has 0 fully saturated rings. The van der Waals surface area contributed by atoms with Gasteiger partial charge in [0.2, 0.25) is 0 Å². The van der Waals surface area contributed by atoms with E-state index in [1.54, 1.807) is 44.2 Å². The lowest BCUT2D eigenvalue weighted by atomic mass is 9.90. The molecule has 0 radical (unpaired) electrons. The molecule has 2 atom stereocenters. The fourth-order valence-electron chi connectivity index (χ4n) is 2.14. The van der Waals surface area contributed by atoms with Crippen LogP contribution in [0.1, 0.15) is 26.3 Å². The van der Waals surface area contributed by atoms with Gasteiger partial charge in [-0.15, -0.1) is 0 Å². The molecular weight excluding hydrogens is 353 g/mol. The molecule has 0 spiro atoms. The highest BCUT2D eigenvalue weighted by molar-refractivity contribution is 7.52. The lowest BCUT2D eigenvalue weighted by Gasteiger charge is -2.33. The second kappa shape index (κ2) is 8.49. The molecule has 0 bridgehead atoms. The van der Waals surface area contributed by atoms with Crippen LogP contribution in [0.5, 0.6) is 5.75 Å². The average Bonchev–Trinajstić information content (AvgIpc) is 2.61. The molecule has 0 aliphatic heterocycles. The third-order valence-corrected chi connectivity index (χ3v) is 5.84. The van der Waals surface area contributed by atoms with E-state index in [2.05, 4.69) is 5.09 Å². The van der Waals surface area contributed by atoms with E-state index in [1.165, 1.54) is 6.92 Å². The van der Waals surface area contributed by atoms with Crippen LogP contribution in [0.3, 0.4) is 0 Å². The van der Waals surface area contributed by atoms with Crippen molar-refractivity contribution in [3.8, 4) is 5.75 Å². The Labute approximate surface area is 153 Å². The van der Waals surface area contributed by atoms with Crippen LogP contribution in [0.2, 0.25) is 0 Å². The van der Waals surface area contributed by atoms with Crippen LogP contribution in [0.4, 0.5) is 0 Å². The van der Waals surface area contributed by atoms with E-state index in [1.807, 2.05) is 30.3 Å². The summed E-state index contributed by atoms with van der Waals surface area (Å²) in [6.07, 6.45) is 0. The number of hydrogen-bond donors (Lipinski definition) is 2. The van der Waals surface area contributed by atoms with Crippen LogP contribution in [0.15, 0.2) is 60.7 Å². The SMILES string of the molecule is CC(C)C(C)(NP(=O)(OCc1ccccc1)Oc1ccccc1)C(=O)O. The van der Waals surface area contributed by atoms with Gasteiger partial charge >= 0.3 is 13.7 Å². The number of carbonyl (C=O) groups is 1. The minimum Gasteiger partial charge on any atom is -0.480 e. The number of carboxylic acid groups (broad SMARTS) is 1. The molecule has 0 saturated carbocycles. The highest BCUT2D eigenvalue weighted by Gasteiger charge is 2.45. The lowest BCUT2D eigenvalue weighted by molar-refractivity contribution is -0.145. The highest BCUT2D eigenvalue weighted by Crippen LogP contribution is 2.48. The van der Waals surface area contributed by atoms with Gasteiger partial charge in [0.1, 0.15) is 11.3 Å². The fourth-order valence-corrected chi connectivity index (χ4v) is 3.95. The largest absolute Gasteiger partial charge is 0.480 e. The van der Waals surface area contributed by atoms with Crippen molar-refractivity contribution in [2.24, 2.45) is 5.92 Å². The first-order chi connectivity index (χ1) is 12.3. The van der Waals surface area contributed by atoms with Crippen molar-refractivity contribution in [1.29, 1.82) is 0 Å². The maximum absolute atomic E-state index is 13.4. The van der Waals surface area contributed by atoms with Gasteiger partial charge in [0.25, 0.3) is 0 Å². The van der Waals surface area contributed by atoms with E-state index in [0.717, 1.165) is 5.56 Å². The summed E-state index contributed by atoms with van der Waals surface area (Å²) in [5.74, 6) is -1.16. The molecule has 2 aromatic carbocycles. The molecule has 140 valence electrons. The normalized spacial score (nSPS) is 15.8. The maximum atomic E-state index is 13.4. The fraction of sp³-hybridized carbons (Fsp3) is 0.316. The zero-order valence-electron chi connectivity index (χ0n) is 15.1. The summed E-state index contributed by atoms with van der Waals surface area (Å²) in [4.78, 5) is 11.8. The number of para-hydroxylation sites is 1. The van der Waals surface area contributed by atoms with E-state index in [4.69, 9.17) is 9.05 Å². The number of nitrogens with one attached hydrogen (secondary N) is 1. The third-order valence-electron chi connectivity index (χ3n) is 4.18. The molecule has 0 saturated heterocycles. The monoisotopic (exact) mass is 377 g/mol. The first kappa shape index (κ1) is 20.2. The average molecular weight is 377 g/mol. The summed E-state index contributed by atoms with van der Waals surface area (Å²) in [5.41, 5.74) is -0.686. The van der Waals surface area contributed by atoms with Crippen LogP contribution >= 0.6 is 7.75 Å². The van der Waals surface area contributed by atoms with Crippen molar-refractivity contribution in [2.45, 2.75) is 32.9 Å². The number of carboxylic acids is 1. The van der Waals surface area contributed by atoms with Gasteiger partial charge in [-0.05, 0) is 30.5 Å². The van der Waals surface area contributed by atoms with Crippen LogP contribution in [-0.4, -0.2) is 16.6 Å². The Hall–Kier alpha value is -2.14. The standard InChI is InChI=1S/C19H24NO5P/c1-15(2)19(3,18(21)22)20-26(23,25-17-12-8-5-9-13-17)24-14-16-10-6-4-7-11-16/h4-13,15H,14H2,1-3H3,(H,20,23)(H,21,22).